The van der Waals surface area contributed by atoms with E-state index in [1.807, 2.05) is 6.92 Å². The number of hydrogen-bond acceptors (Lipinski definition) is 1. The molecule has 0 amide bonds. The van der Waals surface area contributed by atoms with Crippen molar-refractivity contribution in [3.8, 4) is 0 Å². The molecule has 0 fully saturated rings. The van der Waals surface area contributed by atoms with Gasteiger partial charge in [-0.1, -0.05) is 19.9 Å². The standard InChI is InChI=1S/C11H14F2O/c1-3-11(14)7(2)8-4-5-9(12)10(13)6-8/h4-7,11,14H,3H2,1-2H3. The molecule has 0 bridgehead atoms. The minimum atomic E-state index is -0.863. The summed E-state index contributed by atoms with van der Waals surface area (Å²) in [7, 11) is 0. The van der Waals surface area contributed by atoms with Gasteiger partial charge in [0.2, 0.25) is 0 Å². The van der Waals surface area contributed by atoms with Crippen LogP contribution in [0, 0.1) is 11.6 Å². The highest BCUT2D eigenvalue weighted by molar-refractivity contribution is 5.22. The topological polar surface area (TPSA) is 20.2 Å². The summed E-state index contributed by atoms with van der Waals surface area (Å²) in [5.41, 5.74) is 0.623. The van der Waals surface area contributed by atoms with Gasteiger partial charge >= 0.3 is 0 Å². The van der Waals surface area contributed by atoms with Crippen molar-refractivity contribution < 1.29 is 13.9 Å². The molecule has 0 saturated carbocycles. The molecular formula is C11H14F2O. The van der Waals surface area contributed by atoms with Crippen LogP contribution in [0.4, 0.5) is 8.78 Å². The van der Waals surface area contributed by atoms with Crippen molar-refractivity contribution in [2.75, 3.05) is 0 Å². The van der Waals surface area contributed by atoms with Crippen LogP contribution in [0.3, 0.4) is 0 Å². The summed E-state index contributed by atoms with van der Waals surface area (Å²) in [6.45, 7) is 3.64. The first-order valence-corrected chi connectivity index (χ1v) is 4.69. The molecule has 0 aliphatic carbocycles. The molecule has 1 aromatic carbocycles. The van der Waals surface area contributed by atoms with Crippen molar-refractivity contribution in [3.63, 3.8) is 0 Å². The van der Waals surface area contributed by atoms with Crippen molar-refractivity contribution in [1.82, 2.24) is 0 Å². The van der Waals surface area contributed by atoms with Crippen molar-refractivity contribution in [2.24, 2.45) is 0 Å². The second kappa shape index (κ2) is 4.51. The molecule has 0 radical (unpaired) electrons. The maximum atomic E-state index is 12.9. The Labute approximate surface area is 82.4 Å². The molecule has 1 nitrogen and oxygen atoms in total. The van der Waals surface area contributed by atoms with Gasteiger partial charge in [0.15, 0.2) is 11.6 Å². The van der Waals surface area contributed by atoms with Gasteiger partial charge in [-0.15, -0.1) is 0 Å². The fourth-order valence-electron chi connectivity index (χ4n) is 1.37. The van der Waals surface area contributed by atoms with E-state index >= 15 is 0 Å². The quantitative estimate of drug-likeness (QED) is 0.795. The van der Waals surface area contributed by atoms with E-state index in [0.717, 1.165) is 12.1 Å². The molecule has 14 heavy (non-hydrogen) atoms. The summed E-state index contributed by atoms with van der Waals surface area (Å²) >= 11 is 0. The van der Waals surface area contributed by atoms with Crippen LogP contribution >= 0.6 is 0 Å². The van der Waals surface area contributed by atoms with E-state index < -0.39 is 17.7 Å². The summed E-state index contributed by atoms with van der Waals surface area (Å²) in [6, 6.07) is 3.73. The van der Waals surface area contributed by atoms with Crippen LogP contribution in [-0.2, 0) is 0 Å². The van der Waals surface area contributed by atoms with E-state index in [1.54, 1.807) is 6.92 Å². The van der Waals surface area contributed by atoms with Gasteiger partial charge in [0, 0.05) is 5.92 Å². The molecule has 3 heteroatoms. The lowest BCUT2D eigenvalue weighted by atomic mass is 9.94. The molecule has 1 rings (SSSR count). The lowest BCUT2D eigenvalue weighted by Crippen LogP contribution is -2.14. The van der Waals surface area contributed by atoms with Crippen molar-refractivity contribution in [1.29, 1.82) is 0 Å². The average Bonchev–Trinajstić information content (AvgIpc) is 2.20. The predicted molar refractivity (Wildman–Crippen MR) is 51.1 cm³/mol. The number of benzene rings is 1. The lowest BCUT2D eigenvalue weighted by molar-refractivity contribution is 0.145. The summed E-state index contributed by atoms with van der Waals surface area (Å²) in [5.74, 6) is -1.89. The number of hydrogen-bond donors (Lipinski definition) is 1. The van der Waals surface area contributed by atoms with Gasteiger partial charge in [-0.3, -0.25) is 0 Å². The van der Waals surface area contributed by atoms with E-state index in [0.29, 0.717) is 12.0 Å². The minimum absolute atomic E-state index is 0.171. The third-order valence-corrected chi connectivity index (χ3v) is 2.46. The highest BCUT2D eigenvalue weighted by Gasteiger charge is 2.15. The maximum Gasteiger partial charge on any atom is 0.159 e. The monoisotopic (exact) mass is 200 g/mol. The summed E-state index contributed by atoms with van der Waals surface area (Å²) < 4.78 is 25.5. The summed E-state index contributed by atoms with van der Waals surface area (Å²) in [4.78, 5) is 0. The van der Waals surface area contributed by atoms with Crippen LogP contribution in [0.1, 0.15) is 31.7 Å². The Morgan fingerprint density at radius 1 is 1.29 bits per heavy atom. The van der Waals surface area contributed by atoms with Crippen molar-refractivity contribution >= 4 is 0 Å². The highest BCUT2D eigenvalue weighted by atomic mass is 19.2. The predicted octanol–water partition coefficient (Wildman–Crippen LogP) is 2.84. The molecule has 2 atom stereocenters. The van der Waals surface area contributed by atoms with Crippen LogP contribution in [0.2, 0.25) is 0 Å². The van der Waals surface area contributed by atoms with Crippen LogP contribution in [-0.4, -0.2) is 11.2 Å². The molecule has 0 aromatic heterocycles. The lowest BCUT2D eigenvalue weighted by Gasteiger charge is -2.17. The van der Waals surface area contributed by atoms with E-state index in [9.17, 15) is 13.9 Å². The normalized spacial score (nSPS) is 15.2. The number of aliphatic hydroxyl groups is 1. The molecule has 0 saturated heterocycles. The number of halogens is 2. The van der Waals surface area contributed by atoms with Gasteiger partial charge in [-0.05, 0) is 24.1 Å². The third-order valence-electron chi connectivity index (χ3n) is 2.46. The fraction of sp³-hybridized carbons (Fsp3) is 0.455. The molecule has 0 spiro atoms. The van der Waals surface area contributed by atoms with Gasteiger partial charge in [0.05, 0.1) is 6.10 Å². The maximum absolute atomic E-state index is 12.9. The Kier molecular flexibility index (Phi) is 3.58. The largest absolute Gasteiger partial charge is 0.393 e. The second-order valence-corrected chi connectivity index (χ2v) is 3.44. The number of aliphatic hydroxyl groups excluding tert-OH is 1. The van der Waals surface area contributed by atoms with Gasteiger partial charge in [-0.2, -0.15) is 0 Å². The summed E-state index contributed by atoms with van der Waals surface area (Å²) in [5, 5.41) is 9.52. The molecule has 2 unspecified atom stereocenters. The van der Waals surface area contributed by atoms with Crippen molar-refractivity contribution in [2.45, 2.75) is 32.3 Å². The van der Waals surface area contributed by atoms with Crippen molar-refractivity contribution in [3.05, 3.63) is 35.4 Å². The third kappa shape index (κ3) is 2.29. The molecule has 1 aromatic rings. The SMILES string of the molecule is CCC(O)C(C)c1ccc(F)c(F)c1. The number of rotatable bonds is 3. The Balaban J connectivity index is 2.91. The van der Waals surface area contributed by atoms with Crippen LogP contribution in [0.25, 0.3) is 0 Å². The zero-order valence-corrected chi connectivity index (χ0v) is 8.30. The Morgan fingerprint density at radius 3 is 2.43 bits per heavy atom. The van der Waals surface area contributed by atoms with Gasteiger partial charge in [0.25, 0.3) is 0 Å². The first-order chi connectivity index (χ1) is 6.56. The molecule has 1 N–H and O–H groups in total. The minimum Gasteiger partial charge on any atom is -0.393 e. The molecular weight excluding hydrogens is 186 g/mol. The molecule has 0 heterocycles. The van der Waals surface area contributed by atoms with E-state index in [2.05, 4.69) is 0 Å². The van der Waals surface area contributed by atoms with E-state index in [-0.39, 0.29) is 5.92 Å². The van der Waals surface area contributed by atoms with E-state index in [1.165, 1.54) is 6.07 Å². The van der Waals surface area contributed by atoms with Gasteiger partial charge < -0.3 is 5.11 Å². The van der Waals surface area contributed by atoms with E-state index in [4.69, 9.17) is 0 Å². The van der Waals surface area contributed by atoms with Crippen LogP contribution < -0.4 is 0 Å². The highest BCUT2D eigenvalue weighted by Crippen LogP contribution is 2.22. The van der Waals surface area contributed by atoms with Gasteiger partial charge in [0.1, 0.15) is 0 Å². The Hall–Kier alpha value is -0.960. The smallest absolute Gasteiger partial charge is 0.159 e. The first-order valence-electron chi connectivity index (χ1n) is 4.69. The van der Waals surface area contributed by atoms with Crippen LogP contribution in [0.5, 0.6) is 0 Å². The Bertz CT molecular complexity index is 312. The zero-order chi connectivity index (χ0) is 10.7. The molecule has 0 aliphatic heterocycles. The van der Waals surface area contributed by atoms with Gasteiger partial charge in [-0.25, -0.2) is 8.78 Å². The summed E-state index contributed by atoms with van der Waals surface area (Å²) in [6.07, 6.45) is 0.0834. The van der Waals surface area contributed by atoms with Crippen LogP contribution in [0.15, 0.2) is 18.2 Å². The first kappa shape index (κ1) is 11.1. The average molecular weight is 200 g/mol. The molecule has 0 aliphatic rings. The molecule has 78 valence electrons. The second-order valence-electron chi connectivity index (χ2n) is 3.44. The zero-order valence-electron chi connectivity index (χ0n) is 8.30. The Morgan fingerprint density at radius 2 is 1.93 bits per heavy atom. The fourth-order valence-corrected chi connectivity index (χ4v) is 1.37.